The summed E-state index contributed by atoms with van der Waals surface area (Å²) in [6.45, 7) is 9.21. The highest BCUT2D eigenvalue weighted by atomic mass is 14.4. The normalized spacial score (nSPS) is 11.5. The second kappa shape index (κ2) is 3.78. The zero-order valence-electron chi connectivity index (χ0n) is 7.28. The van der Waals surface area contributed by atoms with Crippen LogP contribution in [0.15, 0.2) is 23.3 Å². The van der Waals surface area contributed by atoms with E-state index in [1.807, 2.05) is 13.8 Å². The lowest BCUT2D eigenvalue weighted by molar-refractivity contribution is 1.33. The Morgan fingerprint density at radius 2 is 1.82 bits per heavy atom. The van der Waals surface area contributed by atoms with Gasteiger partial charge in [-0.2, -0.15) is 0 Å². The molecule has 0 bridgehead atoms. The number of nitrogens with one attached hydrogen (secondary N) is 1. The van der Waals surface area contributed by atoms with Crippen LogP contribution >= 0.6 is 0 Å². The number of rotatable bonds is 2. The molecule has 0 aromatic carbocycles. The van der Waals surface area contributed by atoms with Crippen molar-refractivity contribution in [3.8, 4) is 12.3 Å². The molecule has 0 saturated heterocycles. The molecule has 58 valence electrons. The fourth-order valence-corrected chi connectivity index (χ4v) is 0.711. The molecule has 0 heterocycles. The van der Waals surface area contributed by atoms with Gasteiger partial charge in [-0.1, -0.05) is 18.1 Å². The molecule has 1 N–H and O–H groups in total. The largest absolute Gasteiger partial charge is 0.304 e. The van der Waals surface area contributed by atoms with Crippen molar-refractivity contribution >= 4 is 5.71 Å². The van der Waals surface area contributed by atoms with Crippen molar-refractivity contribution in [3.05, 3.63) is 23.3 Å². The monoisotopic (exact) mass is 147 g/mol. The van der Waals surface area contributed by atoms with Crippen molar-refractivity contribution in [2.45, 2.75) is 20.8 Å². The van der Waals surface area contributed by atoms with E-state index >= 15 is 0 Å². The van der Waals surface area contributed by atoms with Crippen molar-refractivity contribution < 1.29 is 0 Å². The molecule has 0 rings (SSSR count). The first kappa shape index (κ1) is 9.71. The molecule has 0 atom stereocenters. The summed E-state index contributed by atoms with van der Waals surface area (Å²) in [5.41, 5.74) is 2.93. The van der Waals surface area contributed by atoms with Gasteiger partial charge in [-0.15, -0.1) is 6.42 Å². The van der Waals surface area contributed by atoms with E-state index in [1.165, 1.54) is 0 Å². The number of hydrogen-bond donors (Lipinski definition) is 1. The van der Waals surface area contributed by atoms with Crippen LogP contribution in [0, 0.1) is 17.8 Å². The summed E-state index contributed by atoms with van der Waals surface area (Å²) < 4.78 is 0. The summed E-state index contributed by atoms with van der Waals surface area (Å²) in [7, 11) is 0. The molecule has 0 aromatic heterocycles. The quantitative estimate of drug-likeness (QED) is 0.352. The maximum absolute atomic E-state index is 7.33. The Balaban J connectivity index is 5.04. The van der Waals surface area contributed by atoms with Gasteiger partial charge in [-0.25, -0.2) is 0 Å². The molecule has 0 fully saturated rings. The Kier molecular flexibility index (Phi) is 3.33. The van der Waals surface area contributed by atoms with Gasteiger partial charge in [0, 0.05) is 11.3 Å². The van der Waals surface area contributed by atoms with Gasteiger partial charge in [-0.05, 0) is 26.3 Å². The smallest absolute Gasteiger partial charge is 0.0479 e. The van der Waals surface area contributed by atoms with Gasteiger partial charge in [0.25, 0.3) is 0 Å². The zero-order valence-corrected chi connectivity index (χ0v) is 7.28. The SMILES string of the molecule is C#C/C(C(C)=N)=C(\C)C(=C)C. The molecule has 0 saturated carbocycles. The van der Waals surface area contributed by atoms with E-state index < -0.39 is 0 Å². The van der Waals surface area contributed by atoms with Crippen LogP contribution in [0.2, 0.25) is 0 Å². The lowest BCUT2D eigenvalue weighted by atomic mass is 10.0. The Labute approximate surface area is 68.3 Å². The van der Waals surface area contributed by atoms with Crippen molar-refractivity contribution in [2.24, 2.45) is 0 Å². The van der Waals surface area contributed by atoms with Crippen LogP contribution in [0.1, 0.15) is 20.8 Å². The van der Waals surface area contributed by atoms with Crippen molar-refractivity contribution in [1.29, 1.82) is 5.41 Å². The average Bonchev–Trinajstić information content (AvgIpc) is 1.88. The van der Waals surface area contributed by atoms with Gasteiger partial charge in [0.1, 0.15) is 0 Å². The standard InChI is InChI=1S/C10H13N/c1-6-10(9(5)11)8(4)7(2)3/h1,11H,2H2,3-5H3/b10-8-,11-9?. The lowest BCUT2D eigenvalue weighted by Gasteiger charge is -2.03. The van der Waals surface area contributed by atoms with Gasteiger partial charge in [0.2, 0.25) is 0 Å². The number of hydrogen-bond acceptors (Lipinski definition) is 1. The zero-order chi connectivity index (χ0) is 9.02. The van der Waals surface area contributed by atoms with E-state index in [1.54, 1.807) is 6.92 Å². The number of terminal acetylenes is 1. The van der Waals surface area contributed by atoms with E-state index in [0.717, 1.165) is 11.1 Å². The van der Waals surface area contributed by atoms with Crippen molar-refractivity contribution in [1.82, 2.24) is 0 Å². The van der Waals surface area contributed by atoms with Crippen LogP contribution in [0.25, 0.3) is 0 Å². The third-order valence-electron chi connectivity index (χ3n) is 1.53. The minimum atomic E-state index is 0.424. The van der Waals surface area contributed by atoms with Gasteiger partial charge in [0.15, 0.2) is 0 Å². The summed E-state index contributed by atoms with van der Waals surface area (Å²) in [6.07, 6.45) is 5.22. The molecule has 0 aliphatic rings. The maximum atomic E-state index is 7.33. The maximum Gasteiger partial charge on any atom is 0.0479 e. The molecule has 0 aliphatic carbocycles. The van der Waals surface area contributed by atoms with E-state index in [9.17, 15) is 0 Å². The fourth-order valence-electron chi connectivity index (χ4n) is 0.711. The van der Waals surface area contributed by atoms with Crippen LogP contribution in [-0.4, -0.2) is 5.71 Å². The third kappa shape index (κ3) is 2.43. The van der Waals surface area contributed by atoms with E-state index in [-0.39, 0.29) is 0 Å². The molecule has 0 amide bonds. The van der Waals surface area contributed by atoms with E-state index in [4.69, 9.17) is 11.8 Å². The minimum Gasteiger partial charge on any atom is -0.304 e. The molecule has 0 radical (unpaired) electrons. The first-order valence-corrected chi connectivity index (χ1v) is 3.39. The van der Waals surface area contributed by atoms with Crippen LogP contribution in [-0.2, 0) is 0 Å². The Bertz CT molecular complexity index is 261. The molecular weight excluding hydrogens is 134 g/mol. The molecule has 1 heteroatoms. The van der Waals surface area contributed by atoms with Gasteiger partial charge < -0.3 is 5.41 Å². The fraction of sp³-hybridized carbons (Fsp3) is 0.300. The Hall–Kier alpha value is -1.29. The van der Waals surface area contributed by atoms with Crippen LogP contribution < -0.4 is 0 Å². The topological polar surface area (TPSA) is 23.9 Å². The molecule has 11 heavy (non-hydrogen) atoms. The summed E-state index contributed by atoms with van der Waals surface area (Å²) in [5.74, 6) is 2.48. The highest BCUT2D eigenvalue weighted by Gasteiger charge is 2.01. The first-order chi connectivity index (χ1) is 5.00. The molecule has 0 aliphatic heterocycles. The lowest BCUT2D eigenvalue weighted by Crippen LogP contribution is -1.96. The second-order valence-corrected chi connectivity index (χ2v) is 2.55. The van der Waals surface area contributed by atoms with E-state index in [2.05, 4.69) is 12.5 Å². The third-order valence-corrected chi connectivity index (χ3v) is 1.53. The highest BCUT2D eigenvalue weighted by Crippen LogP contribution is 2.11. The highest BCUT2D eigenvalue weighted by molar-refractivity contribution is 6.01. The van der Waals surface area contributed by atoms with Gasteiger partial charge in [-0.3, -0.25) is 0 Å². The van der Waals surface area contributed by atoms with Gasteiger partial charge >= 0.3 is 0 Å². The summed E-state index contributed by atoms with van der Waals surface area (Å²) in [5, 5.41) is 7.33. The predicted molar refractivity (Wildman–Crippen MR) is 49.7 cm³/mol. The average molecular weight is 147 g/mol. The van der Waals surface area contributed by atoms with E-state index in [0.29, 0.717) is 11.3 Å². The number of allylic oxidation sites excluding steroid dienone is 3. The van der Waals surface area contributed by atoms with Crippen LogP contribution in [0.3, 0.4) is 0 Å². The molecule has 0 spiro atoms. The summed E-state index contributed by atoms with van der Waals surface area (Å²) in [6, 6.07) is 0. The minimum absolute atomic E-state index is 0.424. The Morgan fingerprint density at radius 3 is 1.91 bits per heavy atom. The second-order valence-electron chi connectivity index (χ2n) is 2.55. The molecule has 0 unspecified atom stereocenters. The molecule has 1 nitrogen and oxygen atoms in total. The predicted octanol–water partition coefficient (Wildman–Crippen LogP) is 2.55. The van der Waals surface area contributed by atoms with Crippen molar-refractivity contribution in [2.75, 3.05) is 0 Å². The van der Waals surface area contributed by atoms with Gasteiger partial charge in [0.05, 0.1) is 0 Å². The van der Waals surface area contributed by atoms with Crippen molar-refractivity contribution in [3.63, 3.8) is 0 Å². The Morgan fingerprint density at radius 1 is 1.36 bits per heavy atom. The first-order valence-electron chi connectivity index (χ1n) is 3.39. The summed E-state index contributed by atoms with van der Waals surface area (Å²) >= 11 is 0. The van der Waals surface area contributed by atoms with Crippen LogP contribution in [0.4, 0.5) is 0 Å². The molecule has 0 aromatic rings. The molecular formula is C10H13N. The van der Waals surface area contributed by atoms with Crippen LogP contribution in [0.5, 0.6) is 0 Å². The summed E-state index contributed by atoms with van der Waals surface area (Å²) in [4.78, 5) is 0.